The number of hydrogen-bond donors (Lipinski definition) is 2. The van der Waals surface area contributed by atoms with E-state index < -0.39 is 0 Å². The highest BCUT2D eigenvalue weighted by Crippen LogP contribution is 2.11. The molecule has 0 aliphatic heterocycles. The van der Waals surface area contributed by atoms with E-state index in [-0.39, 0.29) is 23.1 Å². The molecule has 0 atom stereocenters. The van der Waals surface area contributed by atoms with Crippen LogP contribution < -0.4 is 10.9 Å². The summed E-state index contributed by atoms with van der Waals surface area (Å²) < 4.78 is 1.42. The molecule has 2 N–H and O–H groups in total. The fourth-order valence-corrected chi connectivity index (χ4v) is 2.57. The summed E-state index contributed by atoms with van der Waals surface area (Å²) in [5.41, 5.74) is 1.10. The van der Waals surface area contributed by atoms with Crippen molar-refractivity contribution >= 4 is 17.5 Å². The van der Waals surface area contributed by atoms with Gasteiger partial charge in [-0.1, -0.05) is 30.3 Å². The number of hydrogen-bond acceptors (Lipinski definition) is 5. The Morgan fingerprint density at radius 3 is 2.65 bits per heavy atom. The van der Waals surface area contributed by atoms with E-state index in [4.69, 9.17) is 0 Å². The van der Waals surface area contributed by atoms with E-state index in [1.807, 2.05) is 30.3 Å². The van der Waals surface area contributed by atoms with E-state index in [1.165, 1.54) is 23.0 Å². The van der Waals surface area contributed by atoms with Crippen LogP contribution in [0.1, 0.15) is 21.7 Å². The van der Waals surface area contributed by atoms with E-state index in [1.54, 1.807) is 12.1 Å². The quantitative estimate of drug-likeness (QED) is 0.585. The Labute approximate surface area is 147 Å². The van der Waals surface area contributed by atoms with Gasteiger partial charge in [0.1, 0.15) is 5.82 Å². The van der Waals surface area contributed by atoms with E-state index in [2.05, 4.69) is 25.4 Å². The van der Waals surface area contributed by atoms with Gasteiger partial charge in [-0.3, -0.25) is 19.6 Å². The lowest BCUT2D eigenvalue weighted by Crippen LogP contribution is -2.18. The first-order valence-electron chi connectivity index (χ1n) is 7.93. The molecule has 4 aromatic rings. The fourth-order valence-electron chi connectivity index (χ4n) is 2.57. The average molecular weight is 346 g/mol. The summed E-state index contributed by atoms with van der Waals surface area (Å²) in [6.07, 6.45) is 3.56. The maximum atomic E-state index is 12.4. The predicted molar refractivity (Wildman–Crippen MR) is 95.0 cm³/mol. The molecular formula is C18H14N6O2. The Balaban J connectivity index is 1.68. The lowest BCUT2D eigenvalue weighted by atomic mass is 10.1. The van der Waals surface area contributed by atoms with Crippen LogP contribution >= 0.6 is 0 Å². The van der Waals surface area contributed by atoms with Gasteiger partial charge in [0.2, 0.25) is 5.78 Å². The molecule has 1 aromatic carbocycles. The molecule has 0 bridgehead atoms. The Bertz CT molecular complexity index is 1120. The van der Waals surface area contributed by atoms with Gasteiger partial charge in [-0.2, -0.15) is 9.50 Å². The molecule has 0 spiro atoms. The van der Waals surface area contributed by atoms with Crippen LogP contribution in [-0.2, 0) is 6.42 Å². The summed E-state index contributed by atoms with van der Waals surface area (Å²) in [7, 11) is 0. The molecule has 4 rings (SSSR count). The third-order valence-corrected chi connectivity index (χ3v) is 3.77. The highest BCUT2D eigenvalue weighted by Gasteiger charge is 2.13. The first-order valence-corrected chi connectivity index (χ1v) is 7.93. The van der Waals surface area contributed by atoms with Gasteiger partial charge in [0, 0.05) is 30.4 Å². The molecule has 0 saturated carbocycles. The first-order chi connectivity index (χ1) is 12.7. The van der Waals surface area contributed by atoms with E-state index in [0.717, 1.165) is 5.56 Å². The zero-order valence-electron chi connectivity index (χ0n) is 13.6. The molecular weight excluding hydrogens is 332 g/mol. The number of rotatable bonds is 4. The van der Waals surface area contributed by atoms with Gasteiger partial charge >= 0.3 is 0 Å². The maximum Gasteiger partial charge on any atom is 0.256 e. The number of fused-ring (bicyclic) bond motifs is 1. The number of amides is 1. The van der Waals surface area contributed by atoms with Crippen LogP contribution in [0.2, 0.25) is 0 Å². The number of benzene rings is 1. The number of H-pyrrole nitrogens is 1. The Morgan fingerprint density at radius 1 is 1.12 bits per heavy atom. The summed E-state index contributed by atoms with van der Waals surface area (Å²) in [5, 5.41) is 7.10. The minimum Gasteiger partial charge on any atom is -0.306 e. The van der Waals surface area contributed by atoms with Crippen molar-refractivity contribution in [2.24, 2.45) is 0 Å². The number of aromatic amines is 1. The number of anilines is 1. The second-order valence-electron chi connectivity index (χ2n) is 5.63. The molecule has 128 valence electrons. The maximum absolute atomic E-state index is 12.4. The number of aromatic nitrogens is 5. The van der Waals surface area contributed by atoms with E-state index >= 15 is 0 Å². The summed E-state index contributed by atoms with van der Waals surface area (Å²) >= 11 is 0. The van der Waals surface area contributed by atoms with Crippen molar-refractivity contribution in [1.82, 2.24) is 24.6 Å². The Kier molecular flexibility index (Phi) is 3.98. The Hall–Kier alpha value is -3.81. The molecule has 0 radical (unpaired) electrons. The van der Waals surface area contributed by atoms with Crippen molar-refractivity contribution in [3.05, 3.63) is 88.2 Å². The van der Waals surface area contributed by atoms with E-state index in [0.29, 0.717) is 17.8 Å². The zero-order chi connectivity index (χ0) is 17.9. The Morgan fingerprint density at radius 2 is 1.88 bits per heavy atom. The molecule has 0 aliphatic carbocycles. The first kappa shape index (κ1) is 15.7. The van der Waals surface area contributed by atoms with Crippen molar-refractivity contribution < 1.29 is 4.79 Å². The number of pyridine rings is 1. The normalized spacial score (nSPS) is 10.8. The monoisotopic (exact) mass is 346 g/mol. The smallest absolute Gasteiger partial charge is 0.256 e. The lowest BCUT2D eigenvalue weighted by molar-refractivity contribution is 0.102. The molecule has 0 fully saturated rings. The molecule has 1 amide bonds. The molecule has 3 aromatic heterocycles. The second kappa shape index (κ2) is 6.60. The van der Waals surface area contributed by atoms with Crippen LogP contribution in [0.4, 0.5) is 5.82 Å². The number of nitrogens with one attached hydrogen (secondary N) is 2. The van der Waals surface area contributed by atoms with Crippen molar-refractivity contribution in [1.29, 1.82) is 0 Å². The summed E-state index contributed by atoms with van der Waals surface area (Å²) in [4.78, 5) is 35.1. The predicted octanol–water partition coefficient (Wildman–Crippen LogP) is 1.66. The zero-order valence-corrected chi connectivity index (χ0v) is 13.6. The van der Waals surface area contributed by atoms with Crippen molar-refractivity contribution in [2.45, 2.75) is 6.42 Å². The van der Waals surface area contributed by atoms with Crippen LogP contribution in [0.15, 0.2) is 65.7 Å². The minimum atomic E-state index is -0.374. The third kappa shape index (κ3) is 3.20. The topological polar surface area (TPSA) is 105 Å². The van der Waals surface area contributed by atoms with Gasteiger partial charge in [0.15, 0.2) is 5.82 Å². The van der Waals surface area contributed by atoms with Crippen LogP contribution in [-0.4, -0.2) is 30.5 Å². The second-order valence-corrected chi connectivity index (χ2v) is 5.63. The van der Waals surface area contributed by atoms with Crippen LogP contribution in [0.25, 0.3) is 5.78 Å². The average Bonchev–Trinajstić information content (AvgIpc) is 3.05. The van der Waals surface area contributed by atoms with Gasteiger partial charge in [0.05, 0.1) is 0 Å². The summed E-state index contributed by atoms with van der Waals surface area (Å²) in [6.45, 7) is 0. The molecule has 26 heavy (non-hydrogen) atoms. The van der Waals surface area contributed by atoms with Crippen LogP contribution in [0.5, 0.6) is 0 Å². The SMILES string of the molecule is O=C(Nc1cc(=O)[nH]c2nc(Cc3ccccc3)nn12)c1ccncc1. The van der Waals surface area contributed by atoms with Crippen LogP contribution in [0, 0.1) is 0 Å². The molecule has 8 nitrogen and oxygen atoms in total. The molecule has 0 saturated heterocycles. The molecule has 3 heterocycles. The van der Waals surface area contributed by atoms with Crippen molar-refractivity contribution in [2.75, 3.05) is 5.32 Å². The summed E-state index contributed by atoms with van der Waals surface area (Å²) in [6, 6.07) is 14.2. The third-order valence-electron chi connectivity index (χ3n) is 3.77. The molecule has 8 heteroatoms. The van der Waals surface area contributed by atoms with Gasteiger partial charge in [-0.05, 0) is 17.7 Å². The lowest BCUT2D eigenvalue weighted by Gasteiger charge is -2.05. The summed E-state index contributed by atoms with van der Waals surface area (Å²) in [5.74, 6) is 0.697. The largest absolute Gasteiger partial charge is 0.306 e. The highest BCUT2D eigenvalue weighted by atomic mass is 16.2. The van der Waals surface area contributed by atoms with Crippen molar-refractivity contribution in [3.63, 3.8) is 0 Å². The van der Waals surface area contributed by atoms with Crippen molar-refractivity contribution in [3.8, 4) is 0 Å². The van der Waals surface area contributed by atoms with Gasteiger partial charge in [-0.25, -0.2) is 0 Å². The van der Waals surface area contributed by atoms with Gasteiger partial charge in [-0.15, -0.1) is 5.10 Å². The molecule has 0 unspecified atom stereocenters. The van der Waals surface area contributed by atoms with Crippen LogP contribution in [0.3, 0.4) is 0 Å². The number of nitrogens with zero attached hydrogens (tertiary/aromatic N) is 4. The molecule has 0 aliphatic rings. The van der Waals surface area contributed by atoms with E-state index in [9.17, 15) is 9.59 Å². The number of carbonyl (C=O) groups is 1. The standard InChI is InChI=1S/C18H14N6O2/c25-16-11-15(21-17(26)13-6-8-19-9-7-13)24-18(22-16)20-14(23-24)10-12-4-2-1-3-5-12/h1-9,11H,10H2,(H,21,26)(H,20,22,23,25). The number of carbonyl (C=O) groups excluding carboxylic acids is 1. The fraction of sp³-hybridized carbons (Fsp3) is 0.0556. The van der Waals surface area contributed by atoms with Gasteiger partial charge < -0.3 is 5.32 Å². The highest BCUT2D eigenvalue weighted by molar-refractivity contribution is 6.03. The minimum absolute atomic E-state index is 0.248. The van der Waals surface area contributed by atoms with Gasteiger partial charge in [0.25, 0.3) is 11.5 Å².